The summed E-state index contributed by atoms with van der Waals surface area (Å²) in [5.41, 5.74) is 0.504. The molecule has 0 unspecified atom stereocenters. The highest BCUT2D eigenvalue weighted by Gasteiger charge is 2.26. The highest BCUT2D eigenvalue weighted by Crippen LogP contribution is 2.22. The van der Waals surface area contributed by atoms with Crippen LogP contribution in [0.3, 0.4) is 0 Å². The van der Waals surface area contributed by atoms with Crippen molar-refractivity contribution in [3.8, 4) is 0 Å². The van der Waals surface area contributed by atoms with Crippen molar-refractivity contribution in [2.75, 3.05) is 18.8 Å². The second-order valence-corrected chi connectivity index (χ2v) is 8.13. The number of nitrogens with zero attached hydrogens (tertiary/aromatic N) is 4. The molecule has 2 heterocycles. The fourth-order valence-electron chi connectivity index (χ4n) is 2.92. The molecule has 8 heteroatoms. The van der Waals surface area contributed by atoms with Gasteiger partial charge in [-0.1, -0.05) is 6.92 Å². The Bertz CT molecular complexity index is 800. The van der Waals surface area contributed by atoms with Gasteiger partial charge in [0.2, 0.25) is 0 Å². The molecule has 0 radical (unpaired) electrons. The molecular formula is C16H20N4O3S. The summed E-state index contributed by atoms with van der Waals surface area (Å²) in [5.74, 6) is -0.0355. The van der Waals surface area contributed by atoms with Crippen molar-refractivity contribution in [3.05, 3.63) is 42.5 Å². The van der Waals surface area contributed by atoms with Crippen LogP contribution >= 0.6 is 0 Å². The molecule has 0 bridgehead atoms. The van der Waals surface area contributed by atoms with Crippen molar-refractivity contribution in [2.45, 2.75) is 30.7 Å². The molecule has 1 amide bonds. The molecule has 3 rings (SSSR count). The number of benzene rings is 1. The fraction of sp³-hybridized carbons (Fsp3) is 0.438. The molecule has 1 aliphatic heterocycles. The summed E-state index contributed by atoms with van der Waals surface area (Å²) in [6, 6.07) is 6.31. The van der Waals surface area contributed by atoms with Crippen molar-refractivity contribution < 1.29 is 13.2 Å². The SMILES string of the molecule is CCS(=O)(=O)c1ccc(C(=O)N2CCC[C@@H](n3cncn3)C2)cc1. The number of likely N-dealkylation sites (tertiary alicyclic amines) is 1. The van der Waals surface area contributed by atoms with Crippen LogP contribution in [0.25, 0.3) is 0 Å². The molecule has 1 aliphatic rings. The van der Waals surface area contributed by atoms with E-state index in [-0.39, 0.29) is 22.6 Å². The van der Waals surface area contributed by atoms with Crippen LogP contribution in [0.5, 0.6) is 0 Å². The van der Waals surface area contributed by atoms with Gasteiger partial charge in [0.05, 0.1) is 16.7 Å². The maximum atomic E-state index is 12.7. The number of rotatable bonds is 4. The first-order valence-corrected chi connectivity index (χ1v) is 9.62. The Kier molecular flexibility index (Phi) is 4.66. The predicted octanol–water partition coefficient (Wildman–Crippen LogP) is 1.55. The van der Waals surface area contributed by atoms with E-state index in [1.807, 2.05) is 0 Å². The van der Waals surface area contributed by atoms with E-state index in [0.717, 1.165) is 12.8 Å². The van der Waals surface area contributed by atoms with Crippen molar-refractivity contribution in [2.24, 2.45) is 0 Å². The number of amides is 1. The van der Waals surface area contributed by atoms with Crippen LogP contribution in [-0.2, 0) is 9.84 Å². The summed E-state index contributed by atoms with van der Waals surface area (Å²) in [7, 11) is -3.25. The zero-order chi connectivity index (χ0) is 17.2. The number of sulfone groups is 1. The van der Waals surface area contributed by atoms with Gasteiger partial charge in [-0.15, -0.1) is 0 Å². The van der Waals surface area contributed by atoms with Gasteiger partial charge in [0.25, 0.3) is 5.91 Å². The number of carbonyl (C=O) groups excluding carboxylic acids is 1. The second-order valence-electron chi connectivity index (χ2n) is 5.85. The van der Waals surface area contributed by atoms with Crippen LogP contribution in [0.2, 0.25) is 0 Å². The molecule has 0 saturated carbocycles. The standard InChI is InChI=1S/C16H20N4O3S/c1-2-24(22,23)15-7-5-13(6-8-15)16(21)19-9-3-4-14(10-19)20-12-17-11-18-20/h5-8,11-12,14H,2-4,9-10H2,1H3/t14-/m1/s1. The molecule has 128 valence electrons. The average molecular weight is 348 g/mol. The summed E-state index contributed by atoms with van der Waals surface area (Å²) >= 11 is 0. The zero-order valence-corrected chi connectivity index (χ0v) is 14.3. The zero-order valence-electron chi connectivity index (χ0n) is 13.5. The topological polar surface area (TPSA) is 85.2 Å². The molecule has 7 nitrogen and oxygen atoms in total. The van der Waals surface area contributed by atoms with Crippen molar-refractivity contribution in [3.63, 3.8) is 0 Å². The molecule has 1 saturated heterocycles. The normalized spacial score (nSPS) is 18.5. The van der Waals surface area contributed by atoms with Crippen molar-refractivity contribution in [1.82, 2.24) is 19.7 Å². The Hall–Kier alpha value is -2.22. The van der Waals surface area contributed by atoms with E-state index in [4.69, 9.17) is 0 Å². The Balaban J connectivity index is 1.74. The first-order valence-electron chi connectivity index (χ1n) is 7.97. The fourth-order valence-corrected chi connectivity index (χ4v) is 3.80. The Labute approximate surface area is 141 Å². The lowest BCUT2D eigenvalue weighted by Crippen LogP contribution is -2.40. The lowest BCUT2D eigenvalue weighted by molar-refractivity contribution is 0.0672. The monoisotopic (exact) mass is 348 g/mol. The molecule has 0 spiro atoms. The smallest absolute Gasteiger partial charge is 0.253 e. The van der Waals surface area contributed by atoms with Crippen LogP contribution in [0.15, 0.2) is 41.8 Å². The average Bonchev–Trinajstić information content (AvgIpc) is 3.16. The van der Waals surface area contributed by atoms with Gasteiger partial charge in [0.1, 0.15) is 12.7 Å². The third-order valence-corrected chi connectivity index (χ3v) is 6.09. The van der Waals surface area contributed by atoms with Gasteiger partial charge in [-0.2, -0.15) is 5.10 Å². The maximum Gasteiger partial charge on any atom is 0.253 e. The Morgan fingerprint density at radius 2 is 2.04 bits per heavy atom. The minimum absolute atomic E-state index is 0.0476. The van der Waals surface area contributed by atoms with Gasteiger partial charge < -0.3 is 4.90 Å². The van der Waals surface area contributed by atoms with E-state index in [2.05, 4.69) is 10.1 Å². The van der Waals surface area contributed by atoms with Crippen LogP contribution in [-0.4, -0.2) is 52.8 Å². The lowest BCUT2D eigenvalue weighted by Gasteiger charge is -2.32. The predicted molar refractivity (Wildman–Crippen MR) is 88.4 cm³/mol. The number of hydrogen-bond donors (Lipinski definition) is 0. The van der Waals surface area contributed by atoms with Crippen LogP contribution in [0.4, 0.5) is 0 Å². The summed E-state index contributed by atoms with van der Waals surface area (Å²) in [6.07, 6.45) is 5.02. The van der Waals surface area contributed by atoms with Crippen LogP contribution in [0, 0.1) is 0 Å². The number of hydrogen-bond acceptors (Lipinski definition) is 5. The van der Waals surface area contributed by atoms with E-state index in [9.17, 15) is 13.2 Å². The summed E-state index contributed by atoms with van der Waals surface area (Å²) in [5, 5.41) is 4.16. The number of aromatic nitrogens is 3. The van der Waals surface area contributed by atoms with E-state index in [1.165, 1.54) is 18.5 Å². The lowest BCUT2D eigenvalue weighted by atomic mass is 10.0. The quantitative estimate of drug-likeness (QED) is 0.837. The van der Waals surface area contributed by atoms with Gasteiger partial charge >= 0.3 is 0 Å². The Morgan fingerprint density at radius 1 is 1.29 bits per heavy atom. The molecule has 1 aromatic carbocycles. The Morgan fingerprint density at radius 3 is 2.67 bits per heavy atom. The molecule has 1 fully saturated rings. The van der Waals surface area contributed by atoms with E-state index in [1.54, 1.807) is 35.0 Å². The molecule has 2 aromatic rings. The first kappa shape index (κ1) is 16.6. The summed E-state index contributed by atoms with van der Waals surface area (Å²) < 4.78 is 25.5. The van der Waals surface area contributed by atoms with E-state index in [0.29, 0.717) is 18.7 Å². The largest absolute Gasteiger partial charge is 0.337 e. The molecule has 0 aliphatic carbocycles. The number of carbonyl (C=O) groups is 1. The molecule has 24 heavy (non-hydrogen) atoms. The van der Waals surface area contributed by atoms with E-state index >= 15 is 0 Å². The van der Waals surface area contributed by atoms with Gasteiger partial charge in [0, 0.05) is 18.7 Å². The molecular weight excluding hydrogens is 328 g/mol. The third-order valence-electron chi connectivity index (χ3n) is 4.33. The van der Waals surface area contributed by atoms with Gasteiger partial charge in [-0.05, 0) is 37.1 Å². The third kappa shape index (κ3) is 3.33. The summed E-state index contributed by atoms with van der Waals surface area (Å²) in [4.78, 5) is 18.7. The van der Waals surface area contributed by atoms with E-state index < -0.39 is 9.84 Å². The molecule has 1 aromatic heterocycles. The minimum Gasteiger partial charge on any atom is -0.337 e. The highest BCUT2D eigenvalue weighted by molar-refractivity contribution is 7.91. The van der Waals surface area contributed by atoms with Gasteiger partial charge in [-0.25, -0.2) is 18.1 Å². The van der Waals surface area contributed by atoms with Crippen molar-refractivity contribution >= 4 is 15.7 Å². The maximum absolute atomic E-state index is 12.7. The van der Waals surface area contributed by atoms with Crippen LogP contribution < -0.4 is 0 Å². The van der Waals surface area contributed by atoms with Gasteiger partial charge in [0.15, 0.2) is 9.84 Å². The van der Waals surface area contributed by atoms with Crippen LogP contribution in [0.1, 0.15) is 36.2 Å². The second kappa shape index (κ2) is 6.72. The molecule has 1 atom stereocenters. The number of piperidine rings is 1. The highest BCUT2D eigenvalue weighted by atomic mass is 32.2. The van der Waals surface area contributed by atoms with Gasteiger partial charge in [-0.3, -0.25) is 4.79 Å². The first-order chi connectivity index (χ1) is 11.5. The minimum atomic E-state index is -3.25. The summed E-state index contributed by atoms with van der Waals surface area (Å²) in [6.45, 7) is 2.88. The van der Waals surface area contributed by atoms with Crippen molar-refractivity contribution in [1.29, 1.82) is 0 Å². The molecule has 0 N–H and O–H groups in total.